The molecule has 4 aromatic heterocycles. The Labute approximate surface area is 487 Å². The van der Waals surface area contributed by atoms with Crippen LogP contribution in [-0.2, 0) is 16.0 Å². The molecule has 2 amide bonds. The van der Waals surface area contributed by atoms with E-state index in [4.69, 9.17) is 0 Å². The third-order valence-electron chi connectivity index (χ3n) is 17.1. The lowest BCUT2D eigenvalue weighted by molar-refractivity contribution is -0.124. The molecule has 2 aliphatic rings. The van der Waals surface area contributed by atoms with Crippen LogP contribution < -0.4 is 0 Å². The fraction of sp³-hybridized carbons (Fsp3) is 0.681. The number of hydrogen-bond acceptors (Lipinski definition) is 6. The molecule has 4 aromatic rings. The van der Waals surface area contributed by atoms with Crippen molar-refractivity contribution in [3.8, 4) is 19.5 Å². The molecule has 0 aliphatic carbocycles. The van der Waals surface area contributed by atoms with Gasteiger partial charge in [0.15, 0.2) is 0 Å². The predicted octanol–water partition coefficient (Wildman–Crippen LogP) is 23.1. The third kappa shape index (κ3) is 19.2. The fourth-order valence-electron chi connectivity index (χ4n) is 12.2. The first-order chi connectivity index (χ1) is 37.6. The molecular weight excluding hydrogens is 1020 g/mol. The van der Waals surface area contributed by atoms with Crippen LogP contribution >= 0.6 is 45.3 Å². The van der Waals surface area contributed by atoms with Crippen molar-refractivity contribution >= 4 is 68.6 Å². The number of carbonyl (C=O) groups is 2. The summed E-state index contributed by atoms with van der Waals surface area (Å²) in [6.45, 7) is 19.6. The highest BCUT2D eigenvalue weighted by atomic mass is 32.1. The zero-order valence-corrected chi connectivity index (χ0v) is 53.4. The third-order valence-corrected chi connectivity index (χ3v) is 21.9. The van der Waals surface area contributed by atoms with Crippen LogP contribution in [0.4, 0.5) is 0 Å². The minimum absolute atomic E-state index is 0.0521. The van der Waals surface area contributed by atoms with Crippen LogP contribution in [0, 0.1) is 32.6 Å². The van der Waals surface area contributed by atoms with E-state index in [0.29, 0.717) is 36.1 Å². The molecule has 428 valence electrons. The van der Waals surface area contributed by atoms with Crippen LogP contribution in [0.5, 0.6) is 0 Å². The summed E-state index contributed by atoms with van der Waals surface area (Å²) in [5.74, 6) is 0.888. The Morgan fingerprint density at radius 2 is 0.688 bits per heavy atom. The van der Waals surface area contributed by atoms with E-state index >= 15 is 9.59 Å². The standard InChI is InChI=1S/C69H106N2O2S4/c1-9-14-19-24-27-28-29-30-33-38-43-57-49-63(75-54(57)8)59-45-47-61(77-59)67-65-64(68(72)71(67)51-56(40-35-23-18-13-5)42-37-32-26-21-16-11-3)66(60-46-44-58(76-60)62-48-52(6)53(7)74-62)70(69(65)73)50-55(39-34-22-17-12-4)41-36-31-25-20-15-10-2/h44-49,55-56H,9-43,50-51H2,1-8H3. The van der Waals surface area contributed by atoms with Crippen molar-refractivity contribution in [2.75, 3.05) is 13.1 Å². The second-order valence-electron chi connectivity index (χ2n) is 23.6. The molecule has 0 saturated heterocycles. The van der Waals surface area contributed by atoms with Crippen molar-refractivity contribution < 1.29 is 9.59 Å². The first-order valence-electron chi connectivity index (χ1n) is 32.1. The lowest BCUT2D eigenvalue weighted by atomic mass is 9.93. The van der Waals surface area contributed by atoms with Gasteiger partial charge in [-0.25, -0.2) is 0 Å². The Hall–Kier alpha value is -2.78. The van der Waals surface area contributed by atoms with Gasteiger partial charge in [-0.1, -0.05) is 221 Å². The second-order valence-corrected chi connectivity index (χ2v) is 28.3. The second kappa shape index (κ2) is 35.2. The van der Waals surface area contributed by atoms with Crippen LogP contribution in [0.2, 0.25) is 0 Å². The smallest absolute Gasteiger partial charge is 0.261 e. The lowest BCUT2D eigenvalue weighted by Crippen LogP contribution is -2.34. The van der Waals surface area contributed by atoms with Crippen molar-refractivity contribution in [1.29, 1.82) is 0 Å². The first kappa shape index (κ1) is 63.4. The summed E-state index contributed by atoms with van der Waals surface area (Å²) in [6.07, 6.45) is 44.4. The van der Waals surface area contributed by atoms with E-state index in [9.17, 15) is 0 Å². The molecule has 0 saturated carbocycles. The van der Waals surface area contributed by atoms with Gasteiger partial charge in [-0.15, -0.1) is 45.3 Å². The van der Waals surface area contributed by atoms with E-state index in [1.54, 1.807) is 11.3 Å². The SMILES string of the molecule is CCCCCCCCCCCCc1cc(-c2ccc(C3=C4C(=O)N(CC(CCCCCC)CCCCCCCC)C(c5ccc(-c6cc(C)c(C)s6)s5)=C4C(=O)N3CC(CCCCCC)CCCCCCCC)s2)sc1C. The van der Waals surface area contributed by atoms with E-state index in [1.807, 2.05) is 34.0 Å². The number of thiophene rings is 4. The van der Waals surface area contributed by atoms with Crippen molar-refractivity contribution in [3.05, 3.63) is 78.2 Å². The molecule has 2 aliphatic heterocycles. The molecule has 77 heavy (non-hydrogen) atoms. The molecule has 0 radical (unpaired) electrons. The highest BCUT2D eigenvalue weighted by Crippen LogP contribution is 2.51. The van der Waals surface area contributed by atoms with Gasteiger partial charge in [0.25, 0.3) is 11.8 Å². The van der Waals surface area contributed by atoms with Gasteiger partial charge in [0.1, 0.15) is 0 Å². The molecule has 4 nitrogen and oxygen atoms in total. The number of amides is 2. The van der Waals surface area contributed by atoms with Gasteiger partial charge in [0, 0.05) is 42.4 Å². The number of rotatable bonds is 43. The van der Waals surface area contributed by atoms with Crippen molar-refractivity contribution in [2.45, 2.75) is 280 Å². The van der Waals surface area contributed by atoms with Gasteiger partial charge in [-0.05, 0) is 119 Å². The zero-order valence-electron chi connectivity index (χ0n) is 50.1. The molecule has 0 bridgehead atoms. The highest BCUT2D eigenvalue weighted by Gasteiger charge is 2.50. The first-order valence-corrected chi connectivity index (χ1v) is 35.4. The Bertz CT molecular complexity index is 2390. The maximum atomic E-state index is 16.0. The number of unbranched alkanes of at least 4 members (excludes halogenated alkanes) is 25. The number of aryl methyl sites for hydroxylation is 4. The van der Waals surface area contributed by atoms with Gasteiger partial charge < -0.3 is 9.80 Å². The number of fused-ring (bicyclic) bond motifs is 1. The summed E-state index contributed by atoms with van der Waals surface area (Å²) in [7, 11) is 0. The van der Waals surface area contributed by atoms with Gasteiger partial charge >= 0.3 is 0 Å². The molecule has 2 unspecified atom stereocenters. The maximum Gasteiger partial charge on any atom is 0.261 e. The van der Waals surface area contributed by atoms with Gasteiger partial charge in [-0.2, -0.15) is 0 Å². The molecule has 0 N–H and O–H groups in total. The van der Waals surface area contributed by atoms with E-state index in [1.165, 1.54) is 233 Å². The Morgan fingerprint density at radius 1 is 0.364 bits per heavy atom. The van der Waals surface area contributed by atoms with E-state index in [0.717, 1.165) is 53.3 Å². The molecular formula is C69H106N2O2S4. The molecule has 2 atom stereocenters. The van der Waals surface area contributed by atoms with E-state index < -0.39 is 0 Å². The van der Waals surface area contributed by atoms with Gasteiger partial charge in [0.05, 0.1) is 32.3 Å². The molecule has 8 heteroatoms. The molecule has 0 fully saturated rings. The minimum atomic E-state index is 0.0521. The zero-order chi connectivity index (χ0) is 54.8. The summed E-state index contributed by atoms with van der Waals surface area (Å²) >= 11 is 7.36. The highest BCUT2D eigenvalue weighted by molar-refractivity contribution is 7.23. The average Bonchev–Trinajstić information content (AvgIpc) is 4.50. The molecule has 6 rings (SSSR count). The van der Waals surface area contributed by atoms with Crippen LogP contribution in [-0.4, -0.2) is 34.7 Å². The monoisotopic (exact) mass is 1120 g/mol. The van der Waals surface area contributed by atoms with Crippen molar-refractivity contribution in [2.24, 2.45) is 11.8 Å². The van der Waals surface area contributed by atoms with Gasteiger partial charge in [-0.3, -0.25) is 9.59 Å². The van der Waals surface area contributed by atoms with Crippen LogP contribution in [0.3, 0.4) is 0 Å². The van der Waals surface area contributed by atoms with Crippen molar-refractivity contribution in [1.82, 2.24) is 9.80 Å². The Balaban J connectivity index is 1.38. The lowest BCUT2D eigenvalue weighted by Gasteiger charge is -2.29. The molecule has 6 heterocycles. The van der Waals surface area contributed by atoms with Crippen molar-refractivity contribution in [3.63, 3.8) is 0 Å². The molecule has 0 aromatic carbocycles. The number of carbonyl (C=O) groups excluding carboxylic acids is 2. The fourth-order valence-corrected chi connectivity index (χ4v) is 16.6. The Kier molecular flexibility index (Phi) is 29.0. The minimum Gasteiger partial charge on any atom is -0.306 e. The van der Waals surface area contributed by atoms with E-state index in [2.05, 4.69) is 102 Å². The summed E-state index contributed by atoms with van der Waals surface area (Å²) in [5, 5.41) is 0. The number of hydrogen-bond donors (Lipinski definition) is 0. The molecule has 0 spiro atoms. The largest absolute Gasteiger partial charge is 0.306 e. The Morgan fingerprint density at radius 3 is 1.06 bits per heavy atom. The van der Waals surface area contributed by atoms with Crippen LogP contribution in [0.25, 0.3) is 30.9 Å². The van der Waals surface area contributed by atoms with Gasteiger partial charge in [0.2, 0.25) is 0 Å². The quantitative estimate of drug-likeness (QED) is 0.0415. The summed E-state index contributed by atoms with van der Waals surface area (Å²) < 4.78 is 0. The summed E-state index contributed by atoms with van der Waals surface area (Å²) in [4.78, 5) is 46.2. The van der Waals surface area contributed by atoms with E-state index in [-0.39, 0.29) is 11.8 Å². The summed E-state index contributed by atoms with van der Waals surface area (Å²) in [6, 6.07) is 13.8. The summed E-state index contributed by atoms with van der Waals surface area (Å²) in [5.41, 5.74) is 5.93. The number of nitrogens with zero attached hydrogens (tertiary/aromatic N) is 2. The van der Waals surface area contributed by atoms with Crippen LogP contribution in [0.15, 0.2) is 47.5 Å². The van der Waals surface area contributed by atoms with Crippen LogP contribution in [0.1, 0.15) is 284 Å². The maximum absolute atomic E-state index is 16.0. The topological polar surface area (TPSA) is 40.6 Å². The predicted molar refractivity (Wildman–Crippen MR) is 343 cm³/mol. The average molecular weight is 1120 g/mol. The normalized spacial score (nSPS) is 14.6.